The van der Waals surface area contributed by atoms with E-state index < -0.39 is 11.5 Å². The maximum atomic E-state index is 12.8. The Morgan fingerprint density at radius 2 is 1.14 bits per heavy atom. The van der Waals surface area contributed by atoms with Gasteiger partial charge in [0.2, 0.25) is 0 Å². The van der Waals surface area contributed by atoms with Crippen LogP contribution in [0.2, 0.25) is 0 Å². The van der Waals surface area contributed by atoms with E-state index in [4.69, 9.17) is 0 Å². The Kier molecular flexibility index (Phi) is 6.84. The highest BCUT2D eigenvalue weighted by Crippen LogP contribution is 2.33. The fourth-order valence-corrected chi connectivity index (χ4v) is 3.99. The van der Waals surface area contributed by atoms with Crippen molar-refractivity contribution in [3.05, 3.63) is 108 Å². The van der Waals surface area contributed by atoms with Gasteiger partial charge in [0.15, 0.2) is 0 Å². The summed E-state index contributed by atoms with van der Waals surface area (Å²) in [5.41, 5.74) is 2.24. The van der Waals surface area contributed by atoms with Crippen LogP contribution in [0.1, 0.15) is 30.5 Å². The smallest absolute Gasteiger partial charge is 0.324 e. The SMILES string of the molecule is CC(C)[C@@](Cc1ccccc1)(C(=O)O)N(Cc1ccccc1)Cc1ccccc1. The van der Waals surface area contributed by atoms with E-state index in [0.29, 0.717) is 19.5 Å². The molecular weight excluding hydrogens is 358 g/mol. The van der Waals surface area contributed by atoms with Gasteiger partial charge in [0, 0.05) is 19.5 Å². The van der Waals surface area contributed by atoms with Crippen molar-refractivity contribution < 1.29 is 9.90 Å². The molecular formula is C26H29NO2. The van der Waals surface area contributed by atoms with E-state index in [1.807, 2.05) is 80.6 Å². The summed E-state index contributed by atoms with van der Waals surface area (Å²) in [6, 6.07) is 30.2. The molecule has 29 heavy (non-hydrogen) atoms. The lowest BCUT2D eigenvalue weighted by atomic mass is 9.78. The van der Waals surface area contributed by atoms with Crippen LogP contribution in [-0.4, -0.2) is 21.5 Å². The zero-order valence-corrected chi connectivity index (χ0v) is 17.2. The Hall–Kier alpha value is -2.91. The first-order valence-corrected chi connectivity index (χ1v) is 10.1. The first-order chi connectivity index (χ1) is 14.0. The molecule has 0 aliphatic rings. The van der Waals surface area contributed by atoms with Crippen LogP contribution in [0.15, 0.2) is 91.0 Å². The molecule has 0 aromatic heterocycles. The molecule has 0 amide bonds. The molecule has 1 N–H and O–H groups in total. The predicted molar refractivity (Wildman–Crippen MR) is 117 cm³/mol. The molecule has 3 aromatic carbocycles. The van der Waals surface area contributed by atoms with Gasteiger partial charge in [-0.05, 0) is 22.6 Å². The van der Waals surface area contributed by atoms with Gasteiger partial charge in [-0.2, -0.15) is 0 Å². The second kappa shape index (κ2) is 9.53. The third-order valence-corrected chi connectivity index (χ3v) is 5.64. The van der Waals surface area contributed by atoms with Gasteiger partial charge < -0.3 is 5.11 Å². The van der Waals surface area contributed by atoms with Gasteiger partial charge in [0.25, 0.3) is 0 Å². The van der Waals surface area contributed by atoms with E-state index in [9.17, 15) is 9.90 Å². The standard InChI is InChI=1S/C26H29NO2/c1-21(2)26(25(28)29,18-22-12-6-3-7-13-22)27(19-23-14-8-4-9-15-23)20-24-16-10-5-11-17-24/h3-17,21H,18-20H2,1-2H3,(H,28,29)/t26-/m0/s1. The fourth-order valence-electron chi connectivity index (χ4n) is 3.99. The monoisotopic (exact) mass is 387 g/mol. The first-order valence-electron chi connectivity index (χ1n) is 10.1. The molecule has 0 fully saturated rings. The van der Waals surface area contributed by atoms with E-state index >= 15 is 0 Å². The minimum absolute atomic E-state index is 0.0763. The minimum atomic E-state index is -1.02. The summed E-state index contributed by atoms with van der Waals surface area (Å²) in [5, 5.41) is 10.5. The summed E-state index contributed by atoms with van der Waals surface area (Å²) in [6.45, 7) is 5.18. The Bertz CT molecular complexity index is 852. The molecule has 0 aliphatic carbocycles. The molecule has 0 bridgehead atoms. The van der Waals surface area contributed by atoms with E-state index in [0.717, 1.165) is 16.7 Å². The summed E-state index contributed by atoms with van der Waals surface area (Å²) >= 11 is 0. The highest BCUT2D eigenvalue weighted by atomic mass is 16.4. The molecule has 0 radical (unpaired) electrons. The van der Waals surface area contributed by atoms with Crippen LogP contribution in [-0.2, 0) is 24.3 Å². The van der Waals surface area contributed by atoms with Gasteiger partial charge in [-0.15, -0.1) is 0 Å². The van der Waals surface area contributed by atoms with E-state index in [2.05, 4.69) is 29.2 Å². The molecule has 0 aliphatic heterocycles. The van der Waals surface area contributed by atoms with Crippen LogP contribution in [0.25, 0.3) is 0 Å². The number of carboxylic acids is 1. The number of hydrogen-bond acceptors (Lipinski definition) is 2. The quantitative estimate of drug-likeness (QED) is 0.534. The Balaban J connectivity index is 2.06. The number of benzene rings is 3. The minimum Gasteiger partial charge on any atom is -0.480 e. The van der Waals surface area contributed by atoms with Crippen LogP contribution in [0.4, 0.5) is 0 Å². The number of carboxylic acid groups (broad SMARTS) is 1. The van der Waals surface area contributed by atoms with Crippen molar-refractivity contribution in [2.24, 2.45) is 5.92 Å². The van der Waals surface area contributed by atoms with Crippen molar-refractivity contribution in [2.45, 2.75) is 38.9 Å². The Morgan fingerprint density at radius 3 is 1.48 bits per heavy atom. The molecule has 0 spiro atoms. The topological polar surface area (TPSA) is 40.5 Å². The van der Waals surface area contributed by atoms with Crippen LogP contribution in [0.3, 0.4) is 0 Å². The number of hydrogen-bond donors (Lipinski definition) is 1. The van der Waals surface area contributed by atoms with Crippen molar-refractivity contribution in [1.29, 1.82) is 0 Å². The van der Waals surface area contributed by atoms with E-state index in [1.165, 1.54) is 0 Å². The fraction of sp³-hybridized carbons (Fsp3) is 0.269. The van der Waals surface area contributed by atoms with Crippen molar-refractivity contribution in [3.8, 4) is 0 Å². The highest BCUT2D eigenvalue weighted by molar-refractivity contribution is 5.79. The lowest BCUT2D eigenvalue weighted by Gasteiger charge is -2.44. The molecule has 0 heterocycles. The van der Waals surface area contributed by atoms with Gasteiger partial charge in [-0.3, -0.25) is 9.69 Å². The van der Waals surface area contributed by atoms with E-state index in [-0.39, 0.29) is 5.92 Å². The molecule has 0 saturated heterocycles. The first kappa shape index (κ1) is 20.8. The van der Waals surface area contributed by atoms with Crippen molar-refractivity contribution in [2.75, 3.05) is 0 Å². The second-order valence-electron chi connectivity index (χ2n) is 7.87. The zero-order valence-electron chi connectivity index (χ0n) is 17.2. The highest BCUT2D eigenvalue weighted by Gasteiger charge is 2.47. The van der Waals surface area contributed by atoms with Gasteiger partial charge in [-0.1, -0.05) is 105 Å². The molecule has 3 nitrogen and oxygen atoms in total. The molecule has 3 rings (SSSR count). The molecule has 3 heteroatoms. The summed E-state index contributed by atoms with van der Waals surface area (Å²) in [6.07, 6.45) is 0.459. The van der Waals surface area contributed by atoms with Gasteiger partial charge in [-0.25, -0.2) is 0 Å². The number of rotatable bonds is 9. The van der Waals surface area contributed by atoms with Crippen LogP contribution >= 0.6 is 0 Å². The predicted octanol–water partition coefficient (Wildman–Crippen LogP) is 5.41. The second-order valence-corrected chi connectivity index (χ2v) is 7.87. The van der Waals surface area contributed by atoms with Gasteiger partial charge in [0.05, 0.1) is 0 Å². The molecule has 3 aromatic rings. The van der Waals surface area contributed by atoms with Crippen molar-refractivity contribution >= 4 is 5.97 Å². The normalized spacial score (nSPS) is 13.4. The van der Waals surface area contributed by atoms with Gasteiger partial charge >= 0.3 is 5.97 Å². The lowest BCUT2D eigenvalue weighted by Crippen LogP contribution is -2.59. The van der Waals surface area contributed by atoms with Crippen LogP contribution < -0.4 is 0 Å². The Labute approximate surface area is 173 Å². The van der Waals surface area contributed by atoms with E-state index in [1.54, 1.807) is 0 Å². The molecule has 150 valence electrons. The number of carbonyl (C=O) groups is 1. The maximum absolute atomic E-state index is 12.8. The average molecular weight is 388 g/mol. The van der Waals surface area contributed by atoms with Crippen LogP contribution in [0.5, 0.6) is 0 Å². The third kappa shape index (κ3) is 4.93. The van der Waals surface area contributed by atoms with Crippen molar-refractivity contribution in [3.63, 3.8) is 0 Å². The largest absolute Gasteiger partial charge is 0.480 e. The summed E-state index contributed by atoms with van der Waals surface area (Å²) in [7, 11) is 0. The summed E-state index contributed by atoms with van der Waals surface area (Å²) in [5.74, 6) is -0.851. The maximum Gasteiger partial charge on any atom is 0.324 e. The van der Waals surface area contributed by atoms with Crippen LogP contribution in [0, 0.1) is 5.92 Å². The summed E-state index contributed by atoms with van der Waals surface area (Å²) < 4.78 is 0. The number of aliphatic carboxylic acids is 1. The molecule has 0 unspecified atom stereocenters. The zero-order chi connectivity index (χ0) is 20.7. The Morgan fingerprint density at radius 1 is 0.759 bits per heavy atom. The summed E-state index contributed by atoms with van der Waals surface area (Å²) in [4.78, 5) is 15.0. The molecule has 1 atom stereocenters. The molecule has 0 saturated carbocycles. The van der Waals surface area contributed by atoms with Crippen molar-refractivity contribution in [1.82, 2.24) is 4.90 Å². The van der Waals surface area contributed by atoms with Gasteiger partial charge in [0.1, 0.15) is 5.54 Å². The average Bonchev–Trinajstić information content (AvgIpc) is 2.73. The number of nitrogens with zero attached hydrogens (tertiary/aromatic N) is 1. The lowest BCUT2D eigenvalue weighted by molar-refractivity contribution is -0.156. The third-order valence-electron chi connectivity index (χ3n) is 5.64.